The van der Waals surface area contributed by atoms with E-state index < -0.39 is 10.0 Å². The van der Waals surface area contributed by atoms with E-state index in [1.54, 1.807) is 19.4 Å². The summed E-state index contributed by atoms with van der Waals surface area (Å²) in [5.74, 6) is 1.15. The van der Waals surface area contributed by atoms with Gasteiger partial charge in [0.05, 0.1) is 13.4 Å². The summed E-state index contributed by atoms with van der Waals surface area (Å²) >= 11 is 0. The van der Waals surface area contributed by atoms with Gasteiger partial charge in [-0.25, -0.2) is 18.1 Å². The Bertz CT molecular complexity index is 526. The molecule has 8 heteroatoms. The lowest BCUT2D eigenvalue weighted by molar-refractivity contribution is 0.395. The van der Waals surface area contributed by atoms with Gasteiger partial charge in [-0.2, -0.15) is 4.98 Å². The number of piperidine rings is 1. The van der Waals surface area contributed by atoms with Crippen molar-refractivity contribution in [1.82, 2.24) is 14.7 Å². The molecule has 7 nitrogen and oxygen atoms in total. The van der Waals surface area contributed by atoms with Gasteiger partial charge in [0.1, 0.15) is 0 Å². The fourth-order valence-corrected chi connectivity index (χ4v) is 2.94. The Labute approximate surface area is 113 Å². The molecule has 1 aliphatic rings. The minimum absolute atomic E-state index is 0.00291. The van der Waals surface area contributed by atoms with Gasteiger partial charge in [0, 0.05) is 31.4 Å². The van der Waals surface area contributed by atoms with Crippen molar-refractivity contribution >= 4 is 16.0 Å². The molecule has 2 rings (SSSR count). The van der Waals surface area contributed by atoms with Crippen molar-refractivity contribution < 1.29 is 13.2 Å². The van der Waals surface area contributed by atoms with Crippen LogP contribution in [0.5, 0.6) is 5.88 Å². The highest BCUT2D eigenvalue weighted by atomic mass is 32.2. The minimum Gasteiger partial charge on any atom is -0.481 e. The van der Waals surface area contributed by atoms with Crippen LogP contribution in [0.15, 0.2) is 12.3 Å². The monoisotopic (exact) mass is 286 g/mol. The molecule has 0 radical (unpaired) electrons. The average molecular weight is 286 g/mol. The summed E-state index contributed by atoms with van der Waals surface area (Å²) in [5, 5.41) is 0. The van der Waals surface area contributed by atoms with E-state index in [4.69, 9.17) is 4.74 Å². The molecule has 1 aliphatic heterocycles. The number of hydrogen-bond donors (Lipinski definition) is 1. The maximum atomic E-state index is 11.2. The zero-order valence-electron chi connectivity index (χ0n) is 11.0. The van der Waals surface area contributed by atoms with Gasteiger partial charge in [-0.05, 0) is 12.8 Å². The smallest absolute Gasteiger partial charge is 0.228 e. The Balaban J connectivity index is 1.96. The van der Waals surface area contributed by atoms with E-state index in [0.717, 1.165) is 25.9 Å². The van der Waals surface area contributed by atoms with E-state index in [1.165, 1.54) is 6.26 Å². The molecular formula is C11H18N4O3S. The molecule has 0 bridgehead atoms. The van der Waals surface area contributed by atoms with Crippen LogP contribution in [0.3, 0.4) is 0 Å². The largest absolute Gasteiger partial charge is 0.481 e. The average Bonchev–Trinajstić information content (AvgIpc) is 2.38. The van der Waals surface area contributed by atoms with Gasteiger partial charge < -0.3 is 9.64 Å². The van der Waals surface area contributed by atoms with Crippen molar-refractivity contribution in [2.45, 2.75) is 18.9 Å². The Morgan fingerprint density at radius 2 is 2.11 bits per heavy atom. The van der Waals surface area contributed by atoms with E-state index in [0.29, 0.717) is 11.8 Å². The van der Waals surface area contributed by atoms with E-state index in [-0.39, 0.29) is 6.04 Å². The van der Waals surface area contributed by atoms with Crippen molar-refractivity contribution in [2.75, 3.05) is 31.4 Å². The highest BCUT2D eigenvalue weighted by Crippen LogP contribution is 2.18. The second kappa shape index (κ2) is 5.70. The lowest BCUT2D eigenvalue weighted by Gasteiger charge is -2.31. The number of nitrogens with zero attached hydrogens (tertiary/aromatic N) is 3. The van der Waals surface area contributed by atoms with Crippen molar-refractivity contribution in [3.8, 4) is 5.88 Å². The van der Waals surface area contributed by atoms with E-state index >= 15 is 0 Å². The van der Waals surface area contributed by atoms with Crippen LogP contribution in [0, 0.1) is 0 Å². The molecule has 1 aromatic heterocycles. The molecule has 2 heterocycles. The Morgan fingerprint density at radius 1 is 1.42 bits per heavy atom. The van der Waals surface area contributed by atoms with Crippen LogP contribution in [0.2, 0.25) is 0 Å². The molecule has 0 amide bonds. The van der Waals surface area contributed by atoms with Crippen LogP contribution in [0.1, 0.15) is 12.8 Å². The Kier molecular flexibility index (Phi) is 4.20. The second-order valence-electron chi connectivity index (χ2n) is 4.55. The Morgan fingerprint density at radius 3 is 2.68 bits per heavy atom. The summed E-state index contributed by atoms with van der Waals surface area (Å²) in [5.41, 5.74) is 0. The number of nitrogens with one attached hydrogen (secondary N) is 1. The number of methoxy groups -OCH3 is 1. The SMILES string of the molecule is COc1ccnc(N2CCC(NS(C)(=O)=O)CC2)n1. The number of anilines is 1. The van der Waals surface area contributed by atoms with Gasteiger partial charge in [-0.1, -0.05) is 0 Å². The minimum atomic E-state index is -3.14. The maximum absolute atomic E-state index is 11.2. The summed E-state index contributed by atoms with van der Waals surface area (Å²) in [6.07, 6.45) is 4.33. The highest BCUT2D eigenvalue weighted by molar-refractivity contribution is 7.88. The van der Waals surface area contributed by atoms with Crippen molar-refractivity contribution in [2.24, 2.45) is 0 Å². The lowest BCUT2D eigenvalue weighted by atomic mass is 10.1. The van der Waals surface area contributed by atoms with Crippen LogP contribution in [0.4, 0.5) is 5.95 Å². The molecule has 0 atom stereocenters. The molecule has 106 valence electrons. The van der Waals surface area contributed by atoms with Gasteiger partial charge >= 0.3 is 0 Å². The van der Waals surface area contributed by atoms with Crippen LogP contribution in [0.25, 0.3) is 0 Å². The van der Waals surface area contributed by atoms with Crippen molar-refractivity contribution in [3.63, 3.8) is 0 Å². The molecule has 0 unspecified atom stereocenters. The highest BCUT2D eigenvalue weighted by Gasteiger charge is 2.23. The molecule has 19 heavy (non-hydrogen) atoms. The molecular weight excluding hydrogens is 268 g/mol. The molecule has 1 aromatic rings. The van der Waals surface area contributed by atoms with Crippen LogP contribution in [-0.2, 0) is 10.0 Å². The molecule has 0 saturated carbocycles. The third-order valence-corrected chi connectivity index (χ3v) is 3.75. The summed E-state index contributed by atoms with van der Waals surface area (Å²) in [6, 6.07) is 1.69. The van der Waals surface area contributed by atoms with Crippen LogP contribution in [-0.4, -0.2) is 50.9 Å². The first kappa shape index (κ1) is 14.0. The third kappa shape index (κ3) is 4.03. The number of sulfonamides is 1. The normalized spacial score (nSPS) is 17.5. The molecule has 1 saturated heterocycles. The maximum Gasteiger partial charge on any atom is 0.228 e. The predicted molar refractivity (Wildman–Crippen MR) is 71.8 cm³/mol. The van der Waals surface area contributed by atoms with Gasteiger partial charge in [-0.15, -0.1) is 0 Å². The fourth-order valence-electron chi connectivity index (χ4n) is 2.10. The summed E-state index contributed by atoms with van der Waals surface area (Å²) in [6.45, 7) is 1.45. The first-order chi connectivity index (χ1) is 8.98. The van der Waals surface area contributed by atoms with Gasteiger partial charge in [0.15, 0.2) is 0 Å². The fraction of sp³-hybridized carbons (Fsp3) is 0.636. The molecule has 0 spiro atoms. The number of aromatic nitrogens is 2. The van der Waals surface area contributed by atoms with Crippen LogP contribution >= 0.6 is 0 Å². The predicted octanol–water partition coefficient (Wildman–Crippen LogP) is 0.00320. The molecule has 1 N–H and O–H groups in total. The zero-order chi connectivity index (χ0) is 13.9. The summed E-state index contributed by atoms with van der Waals surface area (Å²) < 4.78 is 30.0. The Hall–Kier alpha value is -1.41. The van der Waals surface area contributed by atoms with Crippen molar-refractivity contribution in [1.29, 1.82) is 0 Å². The first-order valence-corrected chi connectivity index (χ1v) is 7.96. The number of ether oxygens (including phenoxy) is 1. The standard InChI is InChI=1S/C11H18N4O3S/c1-18-10-3-6-12-11(13-10)15-7-4-9(5-8-15)14-19(2,16)17/h3,6,9,14H,4-5,7-8H2,1-2H3. The second-order valence-corrected chi connectivity index (χ2v) is 6.33. The van der Waals surface area contributed by atoms with Gasteiger partial charge in [0.2, 0.25) is 21.9 Å². The lowest BCUT2D eigenvalue weighted by Crippen LogP contribution is -2.44. The molecule has 0 aliphatic carbocycles. The topological polar surface area (TPSA) is 84.4 Å². The molecule has 1 fully saturated rings. The third-order valence-electron chi connectivity index (χ3n) is 2.98. The quantitative estimate of drug-likeness (QED) is 0.839. The first-order valence-electron chi connectivity index (χ1n) is 6.07. The van der Waals surface area contributed by atoms with Gasteiger partial charge in [-0.3, -0.25) is 0 Å². The number of hydrogen-bond acceptors (Lipinski definition) is 6. The van der Waals surface area contributed by atoms with Crippen molar-refractivity contribution in [3.05, 3.63) is 12.3 Å². The summed E-state index contributed by atoms with van der Waals surface area (Å²) in [4.78, 5) is 10.5. The summed E-state index contributed by atoms with van der Waals surface area (Å²) in [7, 11) is -1.57. The molecule has 0 aromatic carbocycles. The number of rotatable bonds is 4. The van der Waals surface area contributed by atoms with E-state index in [9.17, 15) is 8.42 Å². The van der Waals surface area contributed by atoms with Gasteiger partial charge in [0.25, 0.3) is 0 Å². The van der Waals surface area contributed by atoms with E-state index in [1.807, 2.05) is 4.90 Å². The zero-order valence-corrected chi connectivity index (χ0v) is 11.9. The van der Waals surface area contributed by atoms with E-state index in [2.05, 4.69) is 14.7 Å². The van der Waals surface area contributed by atoms with Crippen LogP contribution < -0.4 is 14.4 Å².